The summed E-state index contributed by atoms with van der Waals surface area (Å²) in [6, 6.07) is 7.28. The topological polar surface area (TPSA) is 71.8 Å². The normalized spacial score (nSPS) is 11.4. The summed E-state index contributed by atoms with van der Waals surface area (Å²) >= 11 is 0. The van der Waals surface area contributed by atoms with Crippen molar-refractivity contribution in [1.29, 1.82) is 0 Å². The maximum absolute atomic E-state index is 9.35. The zero-order valence-corrected chi connectivity index (χ0v) is 6.77. The van der Waals surface area contributed by atoms with Crippen molar-refractivity contribution < 1.29 is 9.52 Å². The fourth-order valence-electron chi connectivity index (χ4n) is 1.25. The smallest absolute Gasteiger partial charge is 0.292 e. The molecule has 0 amide bonds. The molecule has 4 heteroatoms. The Morgan fingerprint density at radius 3 is 2.92 bits per heavy atom. The van der Waals surface area contributed by atoms with Gasteiger partial charge in [-0.1, -0.05) is 18.2 Å². The first-order valence-electron chi connectivity index (χ1n) is 3.76. The highest BCUT2D eigenvalue weighted by Crippen LogP contribution is 2.28. The third-order valence-electron chi connectivity index (χ3n) is 1.82. The molecule has 1 heterocycles. The first-order chi connectivity index (χ1) is 6.33. The second-order valence-electron chi connectivity index (χ2n) is 2.60. The van der Waals surface area contributed by atoms with Gasteiger partial charge in [0.05, 0.1) is 11.8 Å². The van der Waals surface area contributed by atoms with Crippen LogP contribution in [0.3, 0.4) is 0 Å². The van der Waals surface area contributed by atoms with E-state index in [0.717, 1.165) is 5.39 Å². The van der Waals surface area contributed by atoms with Crippen LogP contribution in [0.25, 0.3) is 11.0 Å². The molecule has 1 aromatic carbocycles. The van der Waals surface area contributed by atoms with Crippen LogP contribution in [-0.4, -0.2) is 11.3 Å². The molecule has 0 radical (unpaired) electrons. The van der Waals surface area contributed by atoms with Gasteiger partial charge >= 0.3 is 0 Å². The highest BCUT2D eigenvalue weighted by Gasteiger charge is 2.09. The third-order valence-corrected chi connectivity index (χ3v) is 1.82. The van der Waals surface area contributed by atoms with Crippen LogP contribution >= 0.6 is 0 Å². The van der Waals surface area contributed by atoms with E-state index in [1.807, 2.05) is 18.2 Å². The number of hydrogen-bond donors (Lipinski definition) is 2. The molecule has 0 aliphatic carbocycles. The molecule has 2 rings (SSSR count). The van der Waals surface area contributed by atoms with Crippen molar-refractivity contribution in [3.63, 3.8) is 0 Å². The Hall–Kier alpha value is -1.97. The first-order valence-corrected chi connectivity index (χ1v) is 3.76. The molecule has 4 nitrogen and oxygen atoms in total. The highest BCUT2D eigenvalue weighted by molar-refractivity contribution is 6.00. The number of fused-ring (bicyclic) bond motifs is 1. The molecule has 0 unspecified atom stereocenters. The molecule has 0 fully saturated rings. The lowest BCUT2D eigenvalue weighted by molar-refractivity contribution is 0.346. The summed E-state index contributed by atoms with van der Waals surface area (Å²) in [6.07, 6.45) is 1.36. The van der Waals surface area contributed by atoms with Crippen LogP contribution in [0.4, 0.5) is 0 Å². The van der Waals surface area contributed by atoms with Crippen molar-refractivity contribution in [3.8, 4) is 5.95 Å². The van der Waals surface area contributed by atoms with E-state index in [2.05, 4.69) is 5.10 Å². The van der Waals surface area contributed by atoms with Crippen LogP contribution in [0.1, 0.15) is 5.56 Å². The quantitative estimate of drug-likeness (QED) is 0.392. The van der Waals surface area contributed by atoms with Crippen LogP contribution in [0, 0.1) is 0 Å². The van der Waals surface area contributed by atoms with E-state index in [1.54, 1.807) is 6.07 Å². The van der Waals surface area contributed by atoms with Gasteiger partial charge in [0.1, 0.15) is 5.58 Å². The SMILES string of the molecule is N/N=C/c1c(O)oc2ccccc12. The van der Waals surface area contributed by atoms with Crippen LogP contribution < -0.4 is 5.84 Å². The van der Waals surface area contributed by atoms with Crippen molar-refractivity contribution in [2.75, 3.05) is 0 Å². The number of nitrogens with two attached hydrogens (primary N) is 1. The van der Waals surface area contributed by atoms with Crippen molar-refractivity contribution in [2.24, 2.45) is 10.9 Å². The monoisotopic (exact) mass is 176 g/mol. The van der Waals surface area contributed by atoms with Crippen molar-refractivity contribution in [3.05, 3.63) is 29.8 Å². The second kappa shape index (κ2) is 2.82. The zero-order valence-electron chi connectivity index (χ0n) is 6.77. The van der Waals surface area contributed by atoms with Gasteiger partial charge in [0.15, 0.2) is 0 Å². The van der Waals surface area contributed by atoms with Crippen LogP contribution in [-0.2, 0) is 0 Å². The van der Waals surface area contributed by atoms with Crippen LogP contribution in [0.5, 0.6) is 5.95 Å². The number of rotatable bonds is 1. The predicted molar refractivity (Wildman–Crippen MR) is 49.7 cm³/mol. The van der Waals surface area contributed by atoms with Crippen molar-refractivity contribution in [1.82, 2.24) is 0 Å². The molecule has 3 N–H and O–H groups in total. The van der Waals surface area contributed by atoms with Gasteiger partial charge < -0.3 is 15.4 Å². The minimum absolute atomic E-state index is 0.157. The molecule has 0 atom stereocenters. The first kappa shape index (κ1) is 7.67. The second-order valence-corrected chi connectivity index (χ2v) is 2.60. The van der Waals surface area contributed by atoms with E-state index in [4.69, 9.17) is 10.3 Å². The molecule has 66 valence electrons. The molecule has 0 aliphatic heterocycles. The van der Waals surface area contributed by atoms with Crippen LogP contribution in [0.2, 0.25) is 0 Å². The Bertz CT molecular complexity index is 460. The number of aromatic hydroxyl groups is 1. The molecule has 0 spiro atoms. The summed E-state index contributed by atoms with van der Waals surface area (Å²) in [4.78, 5) is 0. The van der Waals surface area contributed by atoms with Gasteiger partial charge in [0.2, 0.25) is 0 Å². The third kappa shape index (κ3) is 1.12. The number of hydrazone groups is 1. The standard InChI is InChI=1S/C9H8N2O2/c10-11-5-7-6-3-1-2-4-8(6)13-9(7)12/h1-5,12H,10H2/b11-5+. The number of para-hydroxylation sites is 1. The van der Waals surface area contributed by atoms with Gasteiger partial charge in [-0.15, -0.1) is 0 Å². The van der Waals surface area contributed by atoms with Gasteiger partial charge in [-0.3, -0.25) is 0 Å². The number of nitrogens with zero attached hydrogens (tertiary/aromatic N) is 1. The molecule has 2 aromatic rings. The lowest BCUT2D eigenvalue weighted by Crippen LogP contribution is -1.84. The predicted octanol–water partition coefficient (Wildman–Crippen LogP) is 1.43. The molecule has 0 saturated carbocycles. The maximum atomic E-state index is 9.35. The Labute approximate surface area is 74.3 Å². The fourth-order valence-corrected chi connectivity index (χ4v) is 1.25. The molecule has 13 heavy (non-hydrogen) atoms. The van der Waals surface area contributed by atoms with Gasteiger partial charge in [-0.05, 0) is 6.07 Å². The molecule has 0 aliphatic rings. The molecule has 1 aromatic heterocycles. The average molecular weight is 176 g/mol. The average Bonchev–Trinajstić information content (AvgIpc) is 2.44. The lowest BCUT2D eigenvalue weighted by atomic mass is 10.2. The van der Waals surface area contributed by atoms with E-state index in [0.29, 0.717) is 11.1 Å². The number of hydrogen-bond acceptors (Lipinski definition) is 4. The van der Waals surface area contributed by atoms with Crippen molar-refractivity contribution >= 4 is 17.2 Å². The number of furan rings is 1. The summed E-state index contributed by atoms with van der Waals surface area (Å²) in [7, 11) is 0. The summed E-state index contributed by atoms with van der Waals surface area (Å²) in [6.45, 7) is 0. The Balaban J connectivity index is 2.78. The zero-order chi connectivity index (χ0) is 9.26. The summed E-state index contributed by atoms with van der Waals surface area (Å²) in [5.74, 6) is 4.84. The highest BCUT2D eigenvalue weighted by atomic mass is 16.5. The van der Waals surface area contributed by atoms with Crippen LogP contribution in [0.15, 0.2) is 33.8 Å². The Morgan fingerprint density at radius 1 is 1.38 bits per heavy atom. The van der Waals surface area contributed by atoms with Gasteiger partial charge in [-0.2, -0.15) is 5.10 Å². The molecular weight excluding hydrogens is 168 g/mol. The Morgan fingerprint density at radius 2 is 2.15 bits per heavy atom. The lowest BCUT2D eigenvalue weighted by Gasteiger charge is -1.86. The van der Waals surface area contributed by atoms with E-state index in [1.165, 1.54) is 6.21 Å². The minimum Gasteiger partial charge on any atom is -0.480 e. The van der Waals surface area contributed by atoms with Gasteiger partial charge in [0, 0.05) is 5.39 Å². The molecular formula is C9H8N2O2. The number of benzene rings is 1. The molecule has 0 bridgehead atoms. The summed E-state index contributed by atoms with van der Waals surface area (Å²) in [5.41, 5.74) is 1.13. The van der Waals surface area contributed by atoms with Gasteiger partial charge in [-0.25, -0.2) is 0 Å². The minimum atomic E-state index is -0.157. The van der Waals surface area contributed by atoms with E-state index in [9.17, 15) is 5.11 Å². The fraction of sp³-hybridized carbons (Fsp3) is 0. The maximum Gasteiger partial charge on any atom is 0.292 e. The van der Waals surface area contributed by atoms with Crippen molar-refractivity contribution in [2.45, 2.75) is 0 Å². The van der Waals surface area contributed by atoms with E-state index >= 15 is 0 Å². The van der Waals surface area contributed by atoms with E-state index < -0.39 is 0 Å². The molecule has 0 saturated heterocycles. The Kier molecular flexibility index (Phi) is 1.66. The largest absolute Gasteiger partial charge is 0.480 e. The van der Waals surface area contributed by atoms with E-state index in [-0.39, 0.29) is 5.95 Å². The summed E-state index contributed by atoms with van der Waals surface area (Å²) < 4.78 is 5.06. The van der Waals surface area contributed by atoms with Gasteiger partial charge in [0.25, 0.3) is 5.95 Å². The summed E-state index contributed by atoms with van der Waals surface area (Å²) in [5, 5.41) is 13.5.